The van der Waals surface area contributed by atoms with E-state index in [1.165, 1.54) is 6.92 Å². The zero-order chi connectivity index (χ0) is 22.7. The van der Waals surface area contributed by atoms with Gasteiger partial charge in [0.15, 0.2) is 5.65 Å². The third kappa shape index (κ3) is 4.48. The summed E-state index contributed by atoms with van der Waals surface area (Å²) in [4.78, 5) is 37.5. The molecular formula is C22H27N7O3. The lowest BCUT2D eigenvalue weighted by molar-refractivity contribution is -0.132. The molecule has 10 nitrogen and oxygen atoms in total. The Morgan fingerprint density at radius 1 is 1.12 bits per heavy atom. The van der Waals surface area contributed by atoms with Crippen LogP contribution in [0.1, 0.15) is 24.9 Å². The number of aryl methyl sites for hydroxylation is 1. The average molecular weight is 438 g/mol. The Labute approximate surface area is 186 Å². The van der Waals surface area contributed by atoms with Gasteiger partial charge in [-0.3, -0.25) is 14.3 Å². The Morgan fingerprint density at radius 3 is 2.50 bits per heavy atom. The minimum Gasteiger partial charge on any atom is -0.497 e. The van der Waals surface area contributed by atoms with Crippen LogP contribution in [0.15, 0.2) is 36.8 Å². The monoisotopic (exact) mass is 437 g/mol. The highest BCUT2D eigenvalue weighted by molar-refractivity contribution is 5.87. The SMILES string of the molecule is COc1ccc([C@H](CC(=O)N2CCN(c3ncnc4c3cnn4C)CC2)NC(C)=O)cc1. The molecule has 4 rings (SSSR count). The van der Waals surface area contributed by atoms with Gasteiger partial charge < -0.3 is 19.9 Å². The standard InChI is InChI=1S/C22H27N7O3/c1-15(30)26-19(16-4-6-17(32-3)7-5-16)12-20(31)28-8-10-29(11-9-28)22-18-13-25-27(2)21(18)23-14-24-22/h4-7,13-14,19H,8-12H2,1-3H3,(H,26,30)/t19-/m0/s1. The van der Waals surface area contributed by atoms with Crippen LogP contribution >= 0.6 is 0 Å². The van der Waals surface area contributed by atoms with Crippen LogP contribution in [-0.4, -0.2) is 69.8 Å². The van der Waals surface area contributed by atoms with Gasteiger partial charge in [-0.05, 0) is 17.7 Å². The summed E-state index contributed by atoms with van der Waals surface area (Å²) < 4.78 is 6.92. The molecule has 0 unspecified atom stereocenters. The van der Waals surface area contributed by atoms with Crippen molar-refractivity contribution >= 4 is 28.7 Å². The van der Waals surface area contributed by atoms with Gasteiger partial charge in [-0.25, -0.2) is 9.97 Å². The summed E-state index contributed by atoms with van der Waals surface area (Å²) in [5.41, 5.74) is 1.65. The zero-order valence-electron chi connectivity index (χ0n) is 18.5. The number of benzene rings is 1. The Bertz CT molecular complexity index is 1100. The molecule has 10 heteroatoms. The molecule has 0 spiro atoms. The number of aromatic nitrogens is 4. The van der Waals surface area contributed by atoms with Crippen molar-refractivity contribution in [3.63, 3.8) is 0 Å². The fourth-order valence-electron chi connectivity index (χ4n) is 4.01. The summed E-state index contributed by atoms with van der Waals surface area (Å²) in [6, 6.07) is 7.02. The number of carbonyl (C=O) groups excluding carboxylic acids is 2. The maximum absolute atomic E-state index is 13.0. The topological polar surface area (TPSA) is 105 Å². The van der Waals surface area contributed by atoms with Crippen LogP contribution in [0.5, 0.6) is 5.75 Å². The van der Waals surface area contributed by atoms with Crippen LogP contribution < -0.4 is 15.0 Å². The van der Waals surface area contributed by atoms with E-state index >= 15 is 0 Å². The molecule has 2 amide bonds. The summed E-state index contributed by atoms with van der Waals surface area (Å²) in [6.45, 7) is 3.96. The van der Waals surface area contributed by atoms with Crippen LogP contribution in [0.2, 0.25) is 0 Å². The van der Waals surface area contributed by atoms with Gasteiger partial charge in [0.05, 0.1) is 31.2 Å². The number of nitrogens with zero attached hydrogens (tertiary/aromatic N) is 6. The van der Waals surface area contributed by atoms with Gasteiger partial charge in [-0.1, -0.05) is 12.1 Å². The zero-order valence-corrected chi connectivity index (χ0v) is 18.5. The minimum atomic E-state index is -0.388. The van der Waals surface area contributed by atoms with E-state index in [0.29, 0.717) is 26.2 Å². The number of methoxy groups -OCH3 is 1. The lowest BCUT2D eigenvalue weighted by Crippen LogP contribution is -2.49. The number of amides is 2. The van der Waals surface area contributed by atoms with Gasteiger partial charge >= 0.3 is 0 Å². The minimum absolute atomic E-state index is 0.00781. The smallest absolute Gasteiger partial charge is 0.225 e. The lowest BCUT2D eigenvalue weighted by Gasteiger charge is -2.36. The first-order valence-corrected chi connectivity index (χ1v) is 10.5. The molecule has 3 heterocycles. The highest BCUT2D eigenvalue weighted by Gasteiger charge is 2.26. The van der Waals surface area contributed by atoms with Crippen LogP contribution in [-0.2, 0) is 16.6 Å². The maximum atomic E-state index is 13.0. The Balaban J connectivity index is 1.41. The number of carbonyl (C=O) groups is 2. The first kappa shape index (κ1) is 21.5. The van der Waals surface area contributed by atoms with Crippen molar-refractivity contribution in [3.8, 4) is 5.75 Å². The second-order valence-electron chi connectivity index (χ2n) is 7.80. The van der Waals surface area contributed by atoms with E-state index in [1.54, 1.807) is 24.3 Å². The van der Waals surface area contributed by atoms with Crippen molar-refractivity contribution in [1.29, 1.82) is 0 Å². The molecule has 1 N–H and O–H groups in total. The van der Waals surface area contributed by atoms with Crippen LogP contribution in [0, 0.1) is 0 Å². The Hall–Kier alpha value is -3.69. The normalized spacial score (nSPS) is 15.0. The third-order valence-electron chi connectivity index (χ3n) is 5.71. The highest BCUT2D eigenvalue weighted by atomic mass is 16.5. The number of rotatable bonds is 6. The molecule has 1 saturated heterocycles. The van der Waals surface area contributed by atoms with Gasteiger partial charge in [0.25, 0.3) is 0 Å². The molecule has 0 aliphatic carbocycles. The van der Waals surface area contributed by atoms with E-state index in [9.17, 15) is 9.59 Å². The molecular weight excluding hydrogens is 410 g/mol. The first-order chi connectivity index (χ1) is 15.5. The molecule has 3 aromatic rings. The molecule has 1 aliphatic heterocycles. The summed E-state index contributed by atoms with van der Waals surface area (Å²) in [5, 5.41) is 8.07. The molecule has 1 fully saturated rings. The number of piperazine rings is 1. The van der Waals surface area contributed by atoms with Crippen molar-refractivity contribution in [2.24, 2.45) is 7.05 Å². The molecule has 0 bridgehead atoms. The molecule has 1 aromatic carbocycles. The predicted molar refractivity (Wildman–Crippen MR) is 119 cm³/mol. The van der Waals surface area contributed by atoms with E-state index in [4.69, 9.17) is 4.74 Å². The number of ether oxygens (including phenoxy) is 1. The van der Waals surface area contributed by atoms with Crippen LogP contribution in [0.3, 0.4) is 0 Å². The van der Waals surface area contributed by atoms with Gasteiger partial charge in [0.1, 0.15) is 17.9 Å². The van der Waals surface area contributed by atoms with E-state index in [1.807, 2.05) is 36.2 Å². The predicted octanol–water partition coefficient (Wildman–Crippen LogP) is 1.29. The maximum Gasteiger partial charge on any atom is 0.225 e. The third-order valence-corrected chi connectivity index (χ3v) is 5.71. The fraction of sp³-hybridized carbons (Fsp3) is 0.409. The molecule has 0 saturated carbocycles. The molecule has 1 aliphatic rings. The highest BCUT2D eigenvalue weighted by Crippen LogP contribution is 2.25. The van der Waals surface area contributed by atoms with Crippen molar-refractivity contribution in [2.45, 2.75) is 19.4 Å². The van der Waals surface area contributed by atoms with E-state index in [-0.39, 0.29) is 24.3 Å². The van der Waals surface area contributed by atoms with Crippen molar-refractivity contribution in [3.05, 3.63) is 42.4 Å². The summed E-state index contributed by atoms with van der Waals surface area (Å²) in [6.07, 6.45) is 3.52. The molecule has 1 atom stereocenters. The number of hydrogen-bond acceptors (Lipinski definition) is 7. The Kier molecular flexibility index (Phi) is 6.20. The molecule has 32 heavy (non-hydrogen) atoms. The Morgan fingerprint density at radius 2 is 1.84 bits per heavy atom. The average Bonchev–Trinajstić information content (AvgIpc) is 3.19. The summed E-state index contributed by atoms with van der Waals surface area (Å²) in [7, 11) is 3.45. The molecule has 2 aromatic heterocycles. The first-order valence-electron chi connectivity index (χ1n) is 10.5. The van der Waals surface area contributed by atoms with Crippen molar-refractivity contribution < 1.29 is 14.3 Å². The summed E-state index contributed by atoms with van der Waals surface area (Å²) >= 11 is 0. The van der Waals surface area contributed by atoms with Gasteiger partial charge in [-0.2, -0.15) is 5.10 Å². The number of nitrogens with one attached hydrogen (secondary N) is 1. The second-order valence-corrected chi connectivity index (χ2v) is 7.80. The van der Waals surface area contributed by atoms with Gasteiger partial charge in [-0.15, -0.1) is 0 Å². The largest absolute Gasteiger partial charge is 0.497 e. The lowest BCUT2D eigenvalue weighted by atomic mass is 10.0. The molecule has 0 radical (unpaired) electrons. The van der Waals surface area contributed by atoms with Crippen LogP contribution in [0.25, 0.3) is 11.0 Å². The van der Waals surface area contributed by atoms with E-state index < -0.39 is 0 Å². The second kappa shape index (κ2) is 9.21. The van der Waals surface area contributed by atoms with Gasteiger partial charge in [0, 0.05) is 40.2 Å². The number of fused-ring (bicyclic) bond motifs is 1. The summed E-state index contributed by atoms with van der Waals surface area (Å²) in [5.74, 6) is 1.40. The van der Waals surface area contributed by atoms with Gasteiger partial charge in [0.2, 0.25) is 11.8 Å². The van der Waals surface area contributed by atoms with Crippen molar-refractivity contribution in [1.82, 2.24) is 30.0 Å². The quantitative estimate of drug-likeness (QED) is 0.619. The van der Waals surface area contributed by atoms with E-state index in [0.717, 1.165) is 28.2 Å². The molecule has 168 valence electrons. The number of hydrogen-bond donors (Lipinski definition) is 1. The van der Waals surface area contributed by atoms with E-state index in [2.05, 4.69) is 25.3 Å². The van der Waals surface area contributed by atoms with Crippen molar-refractivity contribution in [2.75, 3.05) is 38.2 Å². The van der Waals surface area contributed by atoms with Crippen LogP contribution in [0.4, 0.5) is 5.82 Å². The fourth-order valence-corrected chi connectivity index (χ4v) is 4.01. The number of anilines is 1.